The van der Waals surface area contributed by atoms with Crippen molar-refractivity contribution in [3.8, 4) is 16.9 Å². The highest BCUT2D eigenvalue weighted by molar-refractivity contribution is 6.30. The van der Waals surface area contributed by atoms with E-state index in [2.05, 4.69) is 48.4 Å². The maximum absolute atomic E-state index is 6.13. The number of hydrogen-bond acceptors (Lipinski definition) is 1. The lowest BCUT2D eigenvalue weighted by Crippen LogP contribution is -2.07. The molecule has 0 amide bonds. The van der Waals surface area contributed by atoms with Crippen molar-refractivity contribution in [2.75, 3.05) is 0 Å². The molecule has 3 aromatic rings. The number of benzene rings is 2. The van der Waals surface area contributed by atoms with Crippen LogP contribution in [0.25, 0.3) is 16.9 Å². The van der Waals surface area contributed by atoms with Gasteiger partial charge in [-0.15, -0.1) is 0 Å². The molecule has 3 heteroatoms. The Morgan fingerprint density at radius 1 is 1.05 bits per heavy atom. The first kappa shape index (κ1) is 12.7. The van der Waals surface area contributed by atoms with Crippen LogP contribution in [0.2, 0.25) is 5.02 Å². The predicted molar refractivity (Wildman–Crippen MR) is 86.2 cm³/mol. The van der Waals surface area contributed by atoms with Gasteiger partial charge in [-0.1, -0.05) is 29.8 Å². The zero-order valence-corrected chi connectivity index (χ0v) is 12.6. The van der Waals surface area contributed by atoms with Gasteiger partial charge in [0.2, 0.25) is 0 Å². The zero-order chi connectivity index (χ0) is 14.4. The summed E-state index contributed by atoms with van der Waals surface area (Å²) in [5, 5.41) is 5.42. The van der Waals surface area contributed by atoms with E-state index in [-0.39, 0.29) is 0 Å². The SMILES string of the molecule is Cc1cccc(-n2ncc3c2-c2ccc(Cl)cc2CC3)c1. The molecule has 0 unspecified atom stereocenters. The molecule has 0 atom stereocenters. The second-order valence-electron chi connectivity index (χ2n) is 5.57. The maximum Gasteiger partial charge on any atom is 0.0775 e. The predicted octanol–water partition coefficient (Wildman–Crippen LogP) is 4.60. The van der Waals surface area contributed by atoms with Crippen molar-refractivity contribution in [1.29, 1.82) is 0 Å². The fourth-order valence-corrected chi connectivity index (χ4v) is 3.27. The minimum Gasteiger partial charge on any atom is -0.233 e. The highest BCUT2D eigenvalue weighted by atomic mass is 35.5. The standard InChI is InChI=1S/C18H15ClN2/c1-12-3-2-4-16(9-12)21-18-14(11-20-21)6-5-13-10-15(19)7-8-17(13)18/h2-4,7-11H,5-6H2,1H3. The molecule has 0 aliphatic heterocycles. The van der Waals surface area contributed by atoms with Gasteiger partial charge in [-0.25, -0.2) is 4.68 Å². The molecule has 1 aliphatic rings. The lowest BCUT2D eigenvalue weighted by molar-refractivity contribution is 0.875. The summed E-state index contributed by atoms with van der Waals surface area (Å²) in [6.45, 7) is 2.10. The quantitative estimate of drug-likeness (QED) is 0.641. The summed E-state index contributed by atoms with van der Waals surface area (Å²) >= 11 is 6.13. The van der Waals surface area contributed by atoms with E-state index >= 15 is 0 Å². The Bertz CT molecular complexity index is 833. The van der Waals surface area contributed by atoms with E-state index in [4.69, 9.17) is 11.6 Å². The summed E-state index contributed by atoms with van der Waals surface area (Å²) in [7, 11) is 0. The summed E-state index contributed by atoms with van der Waals surface area (Å²) < 4.78 is 2.05. The Morgan fingerprint density at radius 3 is 2.76 bits per heavy atom. The van der Waals surface area contributed by atoms with Crippen LogP contribution in [0.1, 0.15) is 16.7 Å². The van der Waals surface area contributed by atoms with E-state index in [0.717, 1.165) is 23.6 Å². The van der Waals surface area contributed by atoms with Crippen LogP contribution in [0.5, 0.6) is 0 Å². The number of halogens is 1. The summed E-state index contributed by atoms with van der Waals surface area (Å²) in [6.07, 6.45) is 4.05. The third-order valence-electron chi connectivity index (χ3n) is 4.08. The molecule has 1 aromatic heterocycles. The van der Waals surface area contributed by atoms with Crippen molar-refractivity contribution in [2.24, 2.45) is 0 Å². The second kappa shape index (κ2) is 4.74. The molecule has 0 saturated heterocycles. The Balaban J connectivity index is 1.95. The number of rotatable bonds is 1. The van der Waals surface area contributed by atoms with Gasteiger partial charge in [-0.3, -0.25) is 0 Å². The van der Waals surface area contributed by atoms with E-state index in [0.29, 0.717) is 0 Å². The van der Waals surface area contributed by atoms with Crippen LogP contribution in [0, 0.1) is 6.92 Å². The largest absolute Gasteiger partial charge is 0.233 e. The highest BCUT2D eigenvalue weighted by Crippen LogP contribution is 2.36. The molecule has 1 aliphatic carbocycles. The fraction of sp³-hybridized carbons (Fsp3) is 0.167. The lowest BCUT2D eigenvalue weighted by Gasteiger charge is -2.19. The smallest absolute Gasteiger partial charge is 0.0775 e. The van der Waals surface area contributed by atoms with Crippen molar-refractivity contribution < 1.29 is 0 Å². The Kier molecular flexibility index (Phi) is 2.86. The third kappa shape index (κ3) is 2.07. The third-order valence-corrected chi connectivity index (χ3v) is 4.31. The van der Waals surface area contributed by atoms with Crippen molar-refractivity contribution in [1.82, 2.24) is 9.78 Å². The topological polar surface area (TPSA) is 17.8 Å². The molecule has 0 fully saturated rings. The van der Waals surface area contributed by atoms with Gasteiger partial charge >= 0.3 is 0 Å². The normalized spacial score (nSPS) is 12.9. The molecule has 21 heavy (non-hydrogen) atoms. The van der Waals surface area contributed by atoms with Gasteiger partial charge in [0.05, 0.1) is 17.6 Å². The van der Waals surface area contributed by atoms with Crippen LogP contribution < -0.4 is 0 Å². The Labute approximate surface area is 129 Å². The molecule has 0 bridgehead atoms. The van der Waals surface area contributed by atoms with Gasteiger partial charge in [0.25, 0.3) is 0 Å². The number of aryl methyl sites for hydroxylation is 3. The van der Waals surface area contributed by atoms with Crippen LogP contribution >= 0.6 is 11.6 Å². The van der Waals surface area contributed by atoms with Crippen molar-refractivity contribution in [2.45, 2.75) is 19.8 Å². The molecular formula is C18H15ClN2. The van der Waals surface area contributed by atoms with Crippen molar-refractivity contribution >= 4 is 11.6 Å². The first-order valence-corrected chi connectivity index (χ1v) is 7.53. The molecule has 1 heterocycles. The van der Waals surface area contributed by atoms with Gasteiger partial charge in [0, 0.05) is 10.6 Å². The number of aromatic nitrogens is 2. The number of hydrogen-bond donors (Lipinski definition) is 0. The van der Waals surface area contributed by atoms with Crippen LogP contribution in [0.3, 0.4) is 0 Å². The monoisotopic (exact) mass is 294 g/mol. The summed E-state index contributed by atoms with van der Waals surface area (Å²) in [4.78, 5) is 0. The molecule has 2 aromatic carbocycles. The van der Waals surface area contributed by atoms with Gasteiger partial charge in [-0.2, -0.15) is 5.10 Å². The van der Waals surface area contributed by atoms with Gasteiger partial charge in [0.15, 0.2) is 0 Å². The molecule has 104 valence electrons. The molecule has 2 nitrogen and oxygen atoms in total. The van der Waals surface area contributed by atoms with Gasteiger partial charge in [-0.05, 0) is 60.7 Å². The summed E-state index contributed by atoms with van der Waals surface area (Å²) in [5.74, 6) is 0. The summed E-state index contributed by atoms with van der Waals surface area (Å²) in [5.41, 5.74) is 7.43. The zero-order valence-electron chi connectivity index (χ0n) is 11.8. The molecule has 0 saturated carbocycles. The average Bonchev–Trinajstić information content (AvgIpc) is 2.91. The first-order valence-electron chi connectivity index (χ1n) is 7.15. The van der Waals surface area contributed by atoms with Crippen LogP contribution in [0.4, 0.5) is 0 Å². The lowest BCUT2D eigenvalue weighted by atomic mass is 9.90. The average molecular weight is 295 g/mol. The summed E-state index contributed by atoms with van der Waals surface area (Å²) in [6, 6.07) is 14.6. The maximum atomic E-state index is 6.13. The second-order valence-corrected chi connectivity index (χ2v) is 6.01. The van der Waals surface area contributed by atoms with Crippen LogP contribution in [-0.2, 0) is 12.8 Å². The van der Waals surface area contributed by atoms with Crippen molar-refractivity contribution in [3.05, 3.63) is 70.4 Å². The molecular weight excluding hydrogens is 280 g/mol. The molecule has 0 N–H and O–H groups in total. The number of fused-ring (bicyclic) bond motifs is 3. The van der Waals surface area contributed by atoms with E-state index in [9.17, 15) is 0 Å². The minimum absolute atomic E-state index is 0.804. The first-order chi connectivity index (χ1) is 10.2. The minimum atomic E-state index is 0.804. The van der Waals surface area contributed by atoms with E-state index in [1.54, 1.807) is 0 Å². The van der Waals surface area contributed by atoms with Crippen LogP contribution in [-0.4, -0.2) is 9.78 Å². The van der Waals surface area contributed by atoms with E-state index in [1.165, 1.54) is 27.9 Å². The highest BCUT2D eigenvalue weighted by Gasteiger charge is 2.21. The Morgan fingerprint density at radius 2 is 1.90 bits per heavy atom. The molecule has 0 spiro atoms. The van der Waals surface area contributed by atoms with E-state index < -0.39 is 0 Å². The van der Waals surface area contributed by atoms with E-state index in [1.807, 2.05) is 16.9 Å². The molecule has 4 rings (SSSR count). The molecule has 0 radical (unpaired) electrons. The number of nitrogens with zero attached hydrogens (tertiary/aromatic N) is 2. The van der Waals surface area contributed by atoms with Gasteiger partial charge in [0.1, 0.15) is 0 Å². The Hall–Kier alpha value is -2.06. The fourth-order valence-electron chi connectivity index (χ4n) is 3.08. The van der Waals surface area contributed by atoms with Crippen LogP contribution in [0.15, 0.2) is 48.7 Å². The van der Waals surface area contributed by atoms with Crippen molar-refractivity contribution in [3.63, 3.8) is 0 Å². The van der Waals surface area contributed by atoms with Gasteiger partial charge < -0.3 is 0 Å².